The van der Waals surface area contributed by atoms with Crippen LogP contribution in [0.15, 0.2) is 30.3 Å². The maximum absolute atomic E-state index is 12.5. The van der Waals surface area contributed by atoms with E-state index in [0.29, 0.717) is 5.92 Å². The van der Waals surface area contributed by atoms with Gasteiger partial charge in [-0.15, -0.1) is 0 Å². The molecule has 3 heteroatoms. The molecule has 2 fully saturated rings. The van der Waals surface area contributed by atoms with Gasteiger partial charge in [-0.2, -0.15) is 0 Å². The van der Waals surface area contributed by atoms with Crippen LogP contribution in [-0.4, -0.2) is 18.0 Å². The fourth-order valence-electron chi connectivity index (χ4n) is 2.95. The number of amides is 1. The molecule has 2 N–H and O–H groups in total. The number of nitrogens with one attached hydrogen (secondary N) is 2. The van der Waals surface area contributed by atoms with E-state index in [-0.39, 0.29) is 17.5 Å². The van der Waals surface area contributed by atoms with E-state index in [2.05, 4.69) is 22.8 Å². The molecular formula is C16H22N2O. The Balaban J connectivity index is 1.74. The molecule has 0 radical (unpaired) electrons. The molecule has 0 aromatic heterocycles. The first-order chi connectivity index (χ1) is 9.19. The van der Waals surface area contributed by atoms with Crippen molar-refractivity contribution in [3.63, 3.8) is 0 Å². The predicted molar refractivity (Wildman–Crippen MR) is 75.7 cm³/mol. The quantitative estimate of drug-likeness (QED) is 0.870. The molecular weight excluding hydrogens is 236 g/mol. The normalized spacial score (nSPS) is 28.1. The number of carbonyl (C=O) groups is 1. The van der Waals surface area contributed by atoms with E-state index in [0.717, 1.165) is 19.4 Å². The maximum atomic E-state index is 12.5. The van der Waals surface area contributed by atoms with Crippen molar-refractivity contribution in [2.75, 3.05) is 6.54 Å². The molecule has 1 saturated carbocycles. The average Bonchev–Trinajstić information content (AvgIpc) is 3.18. The fraction of sp³-hybridized carbons (Fsp3) is 0.562. The minimum atomic E-state index is -0.373. The van der Waals surface area contributed by atoms with Crippen LogP contribution >= 0.6 is 0 Å². The zero-order valence-corrected chi connectivity index (χ0v) is 11.5. The maximum Gasteiger partial charge on any atom is 0.240 e. The third kappa shape index (κ3) is 2.66. The summed E-state index contributed by atoms with van der Waals surface area (Å²) in [4.78, 5) is 12.5. The SMILES string of the molecule is CC1(C(=O)NC(c2ccccc2)C2CC2)CCCN1. The Labute approximate surface area is 114 Å². The van der Waals surface area contributed by atoms with Crippen LogP contribution in [0.25, 0.3) is 0 Å². The van der Waals surface area contributed by atoms with Crippen molar-refractivity contribution in [3.05, 3.63) is 35.9 Å². The van der Waals surface area contributed by atoms with Gasteiger partial charge in [0.15, 0.2) is 0 Å². The lowest BCUT2D eigenvalue weighted by Gasteiger charge is -2.27. The highest BCUT2D eigenvalue weighted by Crippen LogP contribution is 2.41. The van der Waals surface area contributed by atoms with Gasteiger partial charge in [0.25, 0.3) is 0 Å². The van der Waals surface area contributed by atoms with Gasteiger partial charge in [0.2, 0.25) is 5.91 Å². The number of hydrogen-bond acceptors (Lipinski definition) is 2. The van der Waals surface area contributed by atoms with Crippen molar-refractivity contribution in [2.24, 2.45) is 5.92 Å². The minimum Gasteiger partial charge on any atom is -0.347 e. The van der Waals surface area contributed by atoms with E-state index in [9.17, 15) is 4.79 Å². The van der Waals surface area contributed by atoms with Crippen LogP contribution in [0.3, 0.4) is 0 Å². The van der Waals surface area contributed by atoms with Gasteiger partial charge in [-0.3, -0.25) is 4.79 Å². The molecule has 19 heavy (non-hydrogen) atoms. The van der Waals surface area contributed by atoms with Crippen LogP contribution in [0.4, 0.5) is 0 Å². The van der Waals surface area contributed by atoms with Gasteiger partial charge in [-0.05, 0) is 50.6 Å². The predicted octanol–water partition coefficient (Wildman–Crippen LogP) is 2.40. The summed E-state index contributed by atoms with van der Waals surface area (Å²) in [6.07, 6.45) is 4.47. The Morgan fingerprint density at radius 1 is 1.37 bits per heavy atom. The average molecular weight is 258 g/mol. The van der Waals surface area contributed by atoms with E-state index in [1.54, 1.807) is 0 Å². The summed E-state index contributed by atoms with van der Waals surface area (Å²) in [7, 11) is 0. The van der Waals surface area contributed by atoms with Crippen LogP contribution in [0.1, 0.15) is 44.2 Å². The second-order valence-corrected chi connectivity index (χ2v) is 6.06. The van der Waals surface area contributed by atoms with Crippen molar-refractivity contribution >= 4 is 5.91 Å². The van der Waals surface area contributed by atoms with Crippen molar-refractivity contribution < 1.29 is 4.79 Å². The second kappa shape index (κ2) is 4.97. The smallest absolute Gasteiger partial charge is 0.240 e. The summed E-state index contributed by atoms with van der Waals surface area (Å²) >= 11 is 0. The van der Waals surface area contributed by atoms with Crippen molar-refractivity contribution in [3.8, 4) is 0 Å². The summed E-state index contributed by atoms with van der Waals surface area (Å²) in [6, 6.07) is 10.5. The largest absolute Gasteiger partial charge is 0.347 e. The molecule has 1 amide bonds. The molecule has 2 unspecified atom stereocenters. The molecule has 102 valence electrons. The van der Waals surface area contributed by atoms with Crippen molar-refractivity contribution in [1.29, 1.82) is 0 Å². The molecule has 1 saturated heterocycles. The van der Waals surface area contributed by atoms with Crippen LogP contribution in [0.5, 0.6) is 0 Å². The number of carbonyl (C=O) groups excluding carboxylic acids is 1. The fourth-order valence-corrected chi connectivity index (χ4v) is 2.95. The minimum absolute atomic E-state index is 0.158. The van der Waals surface area contributed by atoms with Crippen LogP contribution in [-0.2, 0) is 4.79 Å². The molecule has 3 rings (SSSR count). The summed E-state index contributed by atoms with van der Waals surface area (Å²) < 4.78 is 0. The highest BCUT2D eigenvalue weighted by molar-refractivity contribution is 5.86. The Kier molecular flexibility index (Phi) is 3.31. The van der Waals surface area contributed by atoms with Crippen LogP contribution in [0.2, 0.25) is 0 Å². The number of benzene rings is 1. The molecule has 0 bridgehead atoms. The first kappa shape index (κ1) is 12.7. The van der Waals surface area contributed by atoms with Crippen LogP contribution < -0.4 is 10.6 Å². The molecule has 1 aliphatic carbocycles. The topological polar surface area (TPSA) is 41.1 Å². The Morgan fingerprint density at radius 2 is 2.11 bits per heavy atom. The molecule has 1 aromatic rings. The van der Waals surface area contributed by atoms with E-state index >= 15 is 0 Å². The third-order valence-corrected chi connectivity index (χ3v) is 4.41. The monoisotopic (exact) mass is 258 g/mol. The first-order valence-electron chi connectivity index (χ1n) is 7.30. The van der Waals surface area contributed by atoms with Crippen molar-refractivity contribution in [2.45, 2.75) is 44.2 Å². The lowest BCUT2D eigenvalue weighted by Crippen LogP contribution is -2.52. The first-order valence-corrected chi connectivity index (χ1v) is 7.30. The number of rotatable bonds is 4. The Hall–Kier alpha value is -1.35. The van der Waals surface area contributed by atoms with Gasteiger partial charge >= 0.3 is 0 Å². The van der Waals surface area contributed by atoms with Gasteiger partial charge < -0.3 is 10.6 Å². The van der Waals surface area contributed by atoms with E-state index in [1.165, 1.54) is 18.4 Å². The third-order valence-electron chi connectivity index (χ3n) is 4.41. The van der Waals surface area contributed by atoms with Crippen LogP contribution in [0, 0.1) is 5.92 Å². The summed E-state index contributed by atoms with van der Waals surface area (Å²) in [5.41, 5.74) is 0.863. The lowest BCUT2D eigenvalue weighted by atomic mass is 9.96. The Bertz CT molecular complexity index is 447. The zero-order chi connectivity index (χ0) is 13.3. The summed E-state index contributed by atoms with van der Waals surface area (Å²) in [6.45, 7) is 2.97. The molecule has 2 atom stereocenters. The molecule has 2 aliphatic rings. The van der Waals surface area contributed by atoms with E-state index in [4.69, 9.17) is 0 Å². The molecule has 0 spiro atoms. The molecule has 3 nitrogen and oxygen atoms in total. The number of hydrogen-bond donors (Lipinski definition) is 2. The van der Waals surface area contributed by atoms with E-state index in [1.807, 2.05) is 25.1 Å². The molecule has 1 aromatic carbocycles. The highest BCUT2D eigenvalue weighted by atomic mass is 16.2. The van der Waals surface area contributed by atoms with Gasteiger partial charge in [0, 0.05) is 0 Å². The van der Waals surface area contributed by atoms with Crippen molar-refractivity contribution in [1.82, 2.24) is 10.6 Å². The Morgan fingerprint density at radius 3 is 2.68 bits per heavy atom. The standard InChI is InChI=1S/C16H22N2O/c1-16(10-5-11-17-16)15(19)18-14(13-8-9-13)12-6-3-2-4-7-12/h2-4,6-7,13-14,17H,5,8-11H2,1H3,(H,18,19). The van der Waals surface area contributed by atoms with E-state index < -0.39 is 0 Å². The second-order valence-electron chi connectivity index (χ2n) is 6.06. The molecule has 1 aliphatic heterocycles. The van der Waals surface area contributed by atoms with Gasteiger partial charge in [0.1, 0.15) is 0 Å². The summed E-state index contributed by atoms with van der Waals surface area (Å²) in [5.74, 6) is 0.780. The van der Waals surface area contributed by atoms with Gasteiger partial charge in [-0.25, -0.2) is 0 Å². The highest BCUT2D eigenvalue weighted by Gasteiger charge is 2.40. The van der Waals surface area contributed by atoms with Gasteiger partial charge in [0.05, 0.1) is 11.6 Å². The zero-order valence-electron chi connectivity index (χ0n) is 11.5. The van der Waals surface area contributed by atoms with Gasteiger partial charge in [-0.1, -0.05) is 30.3 Å². The summed E-state index contributed by atoms with van der Waals surface area (Å²) in [5, 5.41) is 6.61. The molecule has 1 heterocycles. The lowest BCUT2D eigenvalue weighted by molar-refractivity contribution is -0.127.